The fourth-order valence-electron chi connectivity index (χ4n) is 2.02. The van der Waals surface area contributed by atoms with Gasteiger partial charge in [-0.15, -0.1) is 0 Å². The summed E-state index contributed by atoms with van der Waals surface area (Å²) in [5.74, 6) is -1.41. The second kappa shape index (κ2) is 6.33. The van der Waals surface area contributed by atoms with Gasteiger partial charge in [-0.1, -0.05) is 18.2 Å². The molecule has 104 valence electrons. The summed E-state index contributed by atoms with van der Waals surface area (Å²) < 4.78 is 4.83. The van der Waals surface area contributed by atoms with Gasteiger partial charge in [0.15, 0.2) is 0 Å². The topological polar surface area (TPSA) is 66.8 Å². The van der Waals surface area contributed by atoms with Crippen LogP contribution in [0, 0.1) is 13.8 Å². The van der Waals surface area contributed by atoms with Gasteiger partial charge in [0.05, 0.1) is 5.69 Å². The van der Waals surface area contributed by atoms with Gasteiger partial charge in [-0.3, -0.25) is 9.69 Å². The number of aryl methyl sites for hydroxylation is 2. The van der Waals surface area contributed by atoms with Crippen molar-refractivity contribution in [3.8, 4) is 0 Å². The van der Waals surface area contributed by atoms with E-state index >= 15 is 0 Å². The number of carboxylic acids is 1. The first-order valence-corrected chi connectivity index (χ1v) is 6.00. The Labute approximate surface area is 112 Å². The Morgan fingerprint density at radius 1 is 1.32 bits per heavy atom. The molecule has 1 rings (SSSR count). The van der Waals surface area contributed by atoms with Crippen LogP contribution in [0.2, 0.25) is 0 Å². The van der Waals surface area contributed by atoms with Crippen molar-refractivity contribution in [2.75, 3.05) is 18.6 Å². The van der Waals surface area contributed by atoms with E-state index in [0.717, 1.165) is 11.1 Å². The van der Waals surface area contributed by atoms with Crippen molar-refractivity contribution < 1.29 is 19.4 Å². The lowest BCUT2D eigenvalue weighted by atomic mass is 10.1. The number of rotatable bonds is 5. The molecule has 19 heavy (non-hydrogen) atoms. The Bertz CT molecular complexity index is 464. The molecular formula is C14H19NO4. The summed E-state index contributed by atoms with van der Waals surface area (Å²) >= 11 is 0. The normalized spacial score (nSPS) is 12.0. The summed E-state index contributed by atoms with van der Waals surface area (Å²) in [7, 11) is 1.41. The van der Waals surface area contributed by atoms with Crippen molar-refractivity contribution in [2.24, 2.45) is 0 Å². The van der Waals surface area contributed by atoms with Crippen LogP contribution in [0.15, 0.2) is 18.2 Å². The van der Waals surface area contributed by atoms with E-state index in [4.69, 9.17) is 4.74 Å². The SMILES string of the molecule is COCC(=O)N(c1c(C)cccc1C)C(C)C(=O)O. The standard InChI is InChI=1S/C14H19NO4/c1-9-6-5-7-10(2)13(9)15(11(3)14(17)18)12(16)8-19-4/h5-7,11H,8H2,1-4H3,(H,17,18). The Morgan fingerprint density at radius 3 is 2.26 bits per heavy atom. The van der Waals surface area contributed by atoms with E-state index in [1.165, 1.54) is 18.9 Å². The van der Waals surface area contributed by atoms with Crippen LogP contribution in [-0.4, -0.2) is 36.7 Å². The third-order valence-corrected chi connectivity index (χ3v) is 2.96. The van der Waals surface area contributed by atoms with E-state index in [1.807, 2.05) is 32.0 Å². The molecule has 1 atom stereocenters. The van der Waals surface area contributed by atoms with Gasteiger partial charge < -0.3 is 9.84 Å². The molecule has 0 aromatic heterocycles. The molecule has 1 aromatic rings. The van der Waals surface area contributed by atoms with Crippen LogP contribution in [0.4, 0.5) is 5.69 Å². The summed E-state index contributed by atoms with van der Waals surface area (Å²) in [6.45, 7) is 5.04. The van der Waals surface area contributed by atoms with Crippen LogP contribution >= 0.6 is 0 Å². The summed E-state index contributed by atoms with van der Waals surface area (Å²) in [5, 5.41) is 9.18. The zero-order valence-electron chi connectivity index (χ0n) is 11.6. The van der Waals surface area contributed by atoms with Gasteiger partial charge in [-0.05, 0) is 31.9 Å². The maximum Gasteiger partial charge on any atom is 0.326 e. The lowest BCUT2D eigenvalue weighted by molar-refractivity contribution is -0.140. The number of hydrogen-bond acceptors (Lipinski definition) is 3. The van der Waals surface area contributed by atoms with Crippen molar-refractivity contribution in [1.82, 2.24) is 0 Å². The molecule has 1 aromatic carbocycles. The zero-order valence-corrected chi connectivity index (χ0v) is 11.6. The molecule has 1 unspecified atom stereocenters. The van der Waals surface area contributed by atoms with Crippen LogP contribution in [0.3, 0.4) is 0 Å². The quantitative estimate of drug-likeness (QED) is 0.880. The number of aliphatic carboxylic acids is 1. The highest BCUT2D eigenvalue weighted by atomic mass is 16.5. The number of benzene rings is 1. The Balaban J connectivity index is 3.31. The van der Waals surface area contributed by atoms with Crippen LogP contribution in [0.1, 0.15) is 18.1 Å². The van der Waals surface area contributed by atoms with Crippen molar-refractivity contribution in [3.63, 3.8) is 0 Å². The molecule has 0 aliphatic heterocycles. The number of para-hydroxylation sites is 1. The minimum absolute atomic E-state index is 0.147. The molecule has 0 radical (unpaired) electrons. The summed E-state index contributed by atoms with van der Waals surface area (Å²) in [6, 6.07) is 4.63. The molecular weight excluding hydrogens is 246 g/mol. The van der Waals surface area contributed by atoms with Crippen molar-refractivity contribution in [1.29, 1.82) is 0 Å². The minimum atomic E-state index is -1.05. The molecule has 0 saturated heterocycles. The molecule has 1 amide bonds. The molecule has 0 heterocycles. The molecule has 0 saturated carbocycles. The number of nitrogens with zero attached hydrogens (tertiary/aromatic N) is 1. The van der Waals surface area contributed by atoms with Crippen molar-refractivity contribution in [2.45, 2.75) is 26.8 Å². The van der Waals surface area contributed by atoms with Gasteiger partial charge in [-0.2, -0.15) is 0 Å². The Kier molecular flexibility index (Phi) is 5.06. The number of anilines is 1. The first-order valence-electron chi connectivity index (χ1n) is 6.00. The van der Waals surface area contributed by atoms with E-state index in [9.17, 15) is 14.7 Å². The number of amides is 1. The van der Waals surface area contributed by atoms with Gasteiger partial charge >= 0.3 is 5.97 Å². The second-order valence-electron chi connectivity index (χ2n) is 4.45. The predicted molar refractivity (Wildman–Crippen MR) is 72.4 cm³/mol. The molecule has 0 aliphatic rings. The first-order chi connectivity index (χ1) is 8.90. The molecule has 0 fully saturated rings. The minimum Gasteiger partial charge on any atom is -0.480 e. The van der Waals surface area contributed by atoms with Crippen LogP contribution < -0.4 is 4.90 Å². The Morgan fingerprint density at radius 2 is 1.84 bits per heavy atom. The van der Waals surface area contributed by atoms with E-state index in [-0.39, 0.29) is 12.5 Å². The average Bonchev–Trinajstić information content (AvgIpc) is 2.33. The number of hydrogen-bond donors (Lipinski definition) is 1. The van der Waals surface area contributed by atoms with E-state index < -0.39 is 12.0 Å². The molecule has 1 N–H and O–H groups in total. The highest BCUT2D eigenvalue weighted by Crippen LogP contribution is 2.26. The molecule has 5 nitrogen and oxygen atoms in total. The number of carboxylic acid groups (broad SMARTS) is 1. The average molecular weight is 265 g/mol. The summed E-state index contributed by atoms with van der Waals surface area (Å²) in [6.07, 6.45) is 0. The fraction of sp³-hybridized carbons (Fsp3) is 0.429. The largest absolute Gasteiger partial charge is 0.480 e. The van der Waals surface area contributed by atoms with E-state index in [1.54, 1.807) is 0 Å². The van der Waals surface area contributed by atoms with Gasteiger partial charge in [0, 0.05) is 7.11 Å². The first kappa shape index (κ1) is 15.2. The predicted octanol–water partition coefficient (Wildman–Crippen LogP) is 1.76. The third kappa shape index (κ3) is 3.32. The summed E-state index contributed by atoms with van der Waals surface area (Å²) in [5.41, 5.74) is 2.36. The van der Waals surface area contributed by atoms with Gasteiger partial charge in [0.1, 0.15) is 12.6 Å². The zero-order chi connectivity index (χ0) is 14.6. The molecule has 0 aliphatic carbocycles. The molecule has 0 bridgehead atoms. The van der Waals surface area contributed by atoms with Crippen molar-refractivity contribution in [3.05, 3.63) is 29.3 Å². The number of methoxy groups -OCH3 is 1. The molecule has 5 heteroatoms. The number of carbonyl (C=O) groups excluding carboxylic acids is 1. The highest BCUT2D eigenvalue weighted by molar-refractivity contribution is 6.00. The van der Waals surface area contributed by atoms with Gasteiger partial charge in [0.25, 0.3) is 5.91 Å². The lowest BCUT2D eigenvalue weighted by Crippen LogP contribution is -2.45. The van der Waals surface area contributed by atoms with Gasteiger partial charge in [-0.25, -0.2) is 4.79 Å². The van der Waals surface area contributed by atoms with Crippen LogP contribution in [-0.2, 0) is 14.3 Å². The smallest absolute Gasteiger partial charge is 0.326 e. The maximum absolute atomic E-state index is 12.1. The van der Waals surface area contributed by atoms with Gasteiger partial charge in [0.2, 0.25) is 0 Å². The monoisotopic (exact) mass is 265 g/mol. The fourth-order valence-corrected chi connectivity index (χ4v) is 2.02. The number of ether oxygens (including phenoxy) is 1. The highest BCUT2D eigenvalue weighted by Gasteiger charge is 2.28. The molecule has 0 spiro atoms. The maximum atomic E-state index is 12.1. The van der Waals surface area contributed by atoms with Crippen LogP contribution in [0.5, 0.6) is 0 Å². The second-order valence-corrected chi connectivity index (χ2v) is 4.45. The van der Waals surface area contributed by atoms with E-state index in [2.05, 4.69) is 0 Å². The van der Waals surface area contributed by atoms with Crippen LogP contribution in [0.25, 0.3) is 0 Å². The lowest BCUT2D eigenvalue weighted by Gasteiger charge is -2.29. The van der Waals surface area contributed by atoms with Crippen molar-refractivity contribution >= 4 is 17.6 Å². The number of carbonyl (C=O) groups is 2. The van der Waals surface area contributed by atoms with E-state index in [0.29, 0.717) is 5.69 Å². The Hall–Kier alpha value is -1.88. The third-order valence-electron chi connectivity index (χ3n) is 2.96. The summed E-state index contributed by atoms with van der Waals surface area (Å²) in [4.78, 5) is 24.6.